The van der Waals surface area contributed by atoms with Crippen LogP contribution in [-0.4, -0.2) is 11.1 Å². The molecule has 0 atom stereocenters. The second kappa shape index (κ2) is 3.58. The topological polar surface area (TPSA) is 48.0 Å². The summed E-state index contributed by atoms with van der Waals surface area (Å²) >= 11 is 0. The molecule has 78 valence electrons. The van der Waals surface area contributed by atoms with Crippen molar-refractivity contribution in [1.29, 1.82) is 0 Å². The van der Waals surface area contributed by atoms with Crippen LogP contribution in [0.15, 0.2) is 16.9 Å². The van der Waals surface area contributed by atoms with Crippen LogP contribution in [0.3, 0.4) is 0 Å². The number of aryl methyl sites for hydroxylation is 2. The van der Waals surface area contributed by atoms with E-state index in [1.54, 1.807) is 12.1 Å². The zero-order valence-electron chi connectivity index (χ0n) is 9.29. The maximum absolute atomic E-state index is 11.2. The molecule has 0 aromatic carbocycles. The van der Waals surface area contributed by atoms with Gasteiger partial charge in [-0.2, -0.15) is 0 Å². The average Bonchev–Trinajstić information content (AvgIpc) is 2.01. The highest BCUT2D eigenvalue weighted by atomic mass is 16.1. The summed E-state index contributed by atoms with van der Waals surface area (Å²) in [5, 5.41) is 0. The van der Waals surface area contributed by atoms with Crippen LogP contribution in [0.1, 0.15) is 25.2 Å². The fraction of sp³-hybridized carbons (Fsp3) is 0.545. The lowest BCUT2D eigenvalue weighted by Gasteiger charge is -2.31. The Balaban J connectivity index is 3.42. The molecule has 0 aliphatic rings. The van der Waals surface area contributed by atoms with Crippen LogP contribution < -0.4 is 11.2 Å². The van der Waals surface area contributed by atoms with E-state index in [1.165, 1.54) is 0 Å². The summed E-state index contributed by atoms with van der Waals surface area (Å²) in [4.78, 5) is 11.2. The molecule has 0 fully saturated rings. The van der Waals surface area contributed by atoms with Gasteiger partial charge in [-0.05, 0) is 27.7 Å². The lowest BCUT2D eigenvalue weighted by Crippen LogP contribution is -2.38. The number of nitrogens with zero attached hydrogens (tertiary/aromatic N) is 1. The van der Waals surface area contributed by atoms with E-state index >= 15 is 0 Å². The molecule has 3 heteroatoms. The molecule has 0 amide bonds. The molecule has 0 aliphatic carbocycles. The number of rotatable bonds is 2. The molecule has 2 N–H and O–H groups in total. The quantitative estimate of drug-likeness (QED) is 0.768. The highest BCUT2D eigenvalue weighted by Crippen LogP contribution is 2.17. The minimum absolute atomic E-state index is 0.0593. The molecule has 0 spiro atoms. The molecule has 1 aromatic heterocycles. The van der Waals surface area contributed by atoms with Gasteiger partial charge in [-0.3, -0.25) is 4.79 Å². The molecule has 3 nitrogen and oxygen atoms in total. The second-order valence-corrected chi connectivity index (χ2v) is 4.33. The molecular weight excluding hydrogens is 176 g/mol. The second-order valence-electron chi connectivity index (χ2n) is 4.33. The monoisotopic (exact) mass is 194 g/mol. The Bertz CT molecular complexity index is 365. The Morgan fingerprint density at radius 1 is 1.29 bits per heavy atom. The number of hydrogen-bond acceptors (Lipinski definition) is 2. The summed E-state index contributed by atoms with van der Waals surface area (Å²) in [5.41, 5.74) is 7.56. The summed E-state index contributed by atoms with van der Waals surface area (Å²) in [6.45, 7) is 8.56. The van der Waals surface area contributed by atoms with Crippen LogP contribution in [-0.2, 0) is 5.54 Å². The predicted octanol–water partition coefficient (Wildman–Crippen LogP) is 1.16. The van der Waals surface area contributed by atoms with Crippen LogP contribution >= 0.6 is 0 Å². The highest BCUT2D eigenvalue weighted by molar-refractivity contribution is 5.15. The summed E-state index contributed by atoms with van der Waals surface area (Å²) < 4.78 is 2.11. The van der Waals surface area contributed by atoms with Crippen molar-refractivity contribution in [2.75, 3.05) is 6.54 Å². The number of pyridine rings is 1. The van der Waals surface area contributed by atoms with Gasteiger partial charge in [0.05, 0.1) is 5.54 Å². The Kier molecular flexibility index (Phi) is 2.81. The molecule has 0 saturated carbocycles. The molecule has 1 rings (SSSR count). The minimum Gasteiger partial charge on any atom is -0.342 e. The van der Waals surface area contributed by atoms with Crippen molar-refractivity contribution in [3.63, 3.8) is 0 Å². The molecule has 1 heterocycles. The van der Waals surface area contributed by atoms with E-state index in [0.29, 0.717) is 6.54 Å². The predicted molar refractivity (Wildman–Crippen MR) is 58.6 cm³/mol. The van der Waals surface area contributed by atoms with E-state index in [0.717, 1.165) is 11.4 Å². The first-order chi connectivity index (χ1) is 6.38. The third-order valence-electron chi connectivity index (χ3n) is 2.51. The fourth-order valence-electron chi connectivity index (χ4n) is 1.91. The molecule has 0 radical (unpaired) electrons. The van der Waals surface area contributed by atoms with E-state index in [-0.39, 0.29) is 11.0 Å². The van der Waals surface area contributed by atoms with Crippen molar-refractivity contribution in [2.45, 2.75) is 33.2 Å². The van der Waals surface area contributed by atoms with Gasteiger partial charge in [0.15, 0.2) is 5.43 Å². The fourth-order valence-corrected chi connectivity index (χ4v) is 1.91. The Morgan fingerprint density at radius 3 is 2.07 bits per heavy atom. The largest absolute Gasteiger partial charge is 0.342 e. The molecule has 0 unspecified atom stereocenters. The van der Waals surface area contributed by atoms with Gasteiger partial charge in [0.25, 0.3) is 0 Å². The van der Waals surface area contributed by atoms with Crippen molar-refractivity contribution in [3.05, 3.63) is 33.7 Å². The third kappa shape index (κ3) is 1.87. The SMILES string of the molecule is Cc1cc(=O)cc(C)n1C(C)(C)CN. The van der Waals surface area contributed by atoms with Crippen molar-refractivity contribution in [1.82, 2.24) is 4.57 Å². The smallest absolute Gasteiger partial charge is 0.182 e. The maximum atomic E-state index is 11.2. The van der Waals surface area contributed by atoms with Gasteiger partial charge in [0.1, 0.15) is 0 Å². The highest BCUT2D eigenvalue weighted by Gasteiger charge is 2.20. The van der Waals surface area contributed by atoms with Crippen molar-refractivity contribution in [2.24, 2.45) is 5.73 Å². The maximum Gasteiger partial charge on any atom is 0.182 e. The molecule has 0 aliphatic heterocycles. The molecule has 1 aromatic rings. The summed E-state index contributed by atoms with van der Waals surface area (Å²) in [6.07, 6.45) is 0. The lowest BCUT2D eigenvalue weighted by atomic mass is 10.0. The summed E-state index contributed by atoms with van der Waals surface area (Å²) in [6, 6.07) is 3.29. The van der Waals surface area contributed by atoms with E-state index in [4.69, 9.17) is 5.73 Å². The van der Waals surface area contributed by atoms with Crippen LogP contribution in [0, 0.1) is 13.8 Å². The van der Waals surface area contributed by atoms with Crippen LogP contribution in [0.4, 0.5) is 0 Å². The first kappa shape index (κ1) is 11.0. The first-order valence-corrected chi connectivity index (χ1v) is 4.79. The van der Waals surface area contributed by atoms with Gasteiger partial charge < -0.3 is 10.3 Å². The van der Waals surface area contributed by atoms with Gasteiger partial charge >= 0.3 is 0 Å². The molecular formula is C11H18N2O. The average molecular weight is 194 g/mol. The Labute approximate surface area is 84.6 Å². The van der Waals surface area contributed by atoms with Gasteiger partial charge in [-0.1, -0.05) is 0 Å². The van der Waals surface area contributed by atoms with E-state index in [1.807, 2.05) is 13.8 Å². The van der Waals surface area contributed by atoms with Crippen molar-refractivity contribution >= 4 is 0 Å². The zero-order chi connectivity index (χ0) is 10.9. The van der Waals surface area contributed by atoms with Gasteiger partial charge in [-0.25, -0.2) is 0 Å². The molecule has 0 saturated heterocycles. The van der Waals surface area contributed by atoms with Gasteiger partial charge in [0, 0.05) is 30.1 Å². The van der Waals surface area contributed by atoms with E-state index in [2.05, 4.69) is 18.4 Å². The standard InChI is InChI=1S/C11H18N2O/c1-8-5-10(14)6-9(2)13(8)11(3,4)7-12/h5-6H,7,12H2,1-4H3. The Hall–Kier alpha value is -1.09. The van der Waals surface area contributed by atoms with E-state index in [9.17, 15) is 4.79 Å². The van der Waals surface area contributed by atoms with Crippen molar-refractivity contribution < 1.29 is 0 Å². The number of aromatic nitrogens is 1. The minimum atomic E-state index is -0.137. The van der Waals surface area contributed by atoms with Gasteiger partial charge in [0.2, 0.25) is 0 Å². The van der Waals surface area contributed by atoms with Crippen molar-refractivity contribution in [3.8, 4) is 0 Å². The van der Waals surface area contributed by atoms with E-state index < -0.39 is 0 Å². The van der Waals surface area contributed by atoms with Crippen LogP contribution in [0.2, 0.25) is 0 Å². The third-order valence-corrected chi connectivity index (χ3v) is 2.51. The first-order valence-electron chi connectivity index (χ1n) is 4.79. The van der Waals surface area contributed by atoms with Gasteiger partial charge in [-0.15, -0.1) is 0 Å². The zero-order valence-corrected chi connectivity index (χ0v) is 9.29. The Morgan fingerprint density at radius 2 is 1.71 bits per heavy atom. The molecule has 14 heavy (non-hydrogen) atoms. The molecule has 0 bridgehead atoms. The number of hydrogen-bond donors (Lipinski definition) is 1. The lowest BCUT2D eigenvalue weighted by molar-refractivity contribution is 0.350. The number of nitrogens with two attached hydrogens (primary N) is 1. The normalized spacial score (nSPS) is 11.8. The van der Waals surface area contributed by atoms with Crippen LogP contribution in [0.25, 0.3) is 0 Å². The van der Waals surface area contributed by atoms with Crippen LogP contribution in [0.5, 0.6) is 0 Å². The summed E-state index contributed by atoms with van der Waals surface area (Å²) in [5.74, 6) is 0. The summed E-state index contributed by atoms with van der Waals surface area (Å²) in [7, 11) is 0.